The Morgan fingerprint density at radius 2 is 2.09 bits per heavy atom. The molecule has 8 nitrogen and oxygen atoms in total. The predicted octanol–water partition coefficient (Wildman–Crippen LogP) is 1.19. The molecule has 8 heteroatoms. The molecule has 0 aromatic carbocycles. The van der Waals surface area contributed by atoms with Crippen molar-refractivity contribution in [1.82, 2.24) is 20.2 Å². The number of hydrogen-bond donors (Lipinski definition) is 1. The van der Waals surface area contributed by atoms with Crippen molar-refractivity contribution in [3.63, 3.8) is 0 Å². The van der Waals surface area contributed by atoms with E-state index in [1.807, 2.05) is 0 Å². The van der Waals surface area contributed by atoms with Gasteiger partial charge in [-0.05, 0) is 32.6 Å². The molecule has 1 aliphatic heterocycles. The van der Waals surface area contributed by atoms with Crippen molar-refractivity contribution in [3.05, 3.63) is 28.7 Å². The van der Waals surface area contributed by atoms with Gasteiger partial charge in [-0.1, -0.05) is 10.3 Å². The summed E-state index contributed by atoms with van der Waals surface area (Å²) in [5.74, 6) is 0.875. The Morgan fingerprint density at radius 3 is 2.87 bits per heavy atom. The Labute approximate surface area is 132 Å². The summed E-state index contributed by atoms with van der Waals surface area (Å²) in [7, 11) is 0. The highest BCUT2D eigenvalue weighted by atomic mass is 16.5. The molecule has 0 radical (unpaired) electrons. The Balaban J connectivity index is 1.65. The molecule has 0 bridgehead atoms. The van der Waals surface area contributed by atoms with Crippen molar-refractivity contribution in [2.75, 3.05) is 6.54 Å². The molecule has 2 aliphatic rings. The largest absolute Gasteiger partial charge is 0.391 e. The van der Waals surface area contributed by atoms with Gasteiger partial charge in [-0.2, -0.15) is 4.98 Å². The van der Waals surface area contributed by atoms with Crippen LogP contribution in [0.1, 0.15) is 58.8 Å². The second-order valence-corrected chi connectivity index (χ2v) is 6.19. The fourth-order valence-electron chi connectivity index (χ4n) is 3.41. The van der Waals surface area contributed by atoms with E-state index in [9.17, 15) is 9.90 Å². The molecule has 2 atom stereocenters. The number of rotatable bonds is 2. The number of carbonyl (C=O) groups is 1. The molecule has 1 aliphatic carbocycles. The minimum Gasteiger partial charge on any atom is -0.391 e. The van der Waals surface area contributed by atoms with Gasteiger partial charge >= 0.3 is 0 Å². The van der Waals surface area contributed by atoms with Gasteiger partial charge in [-0.25, -0.2) is 0 Å². The molecule has 1 N–H and O–H groups in total. The van der Waals surface area contributed by atoms with Gasteiger partial charge in [0.25, 0.3) is 5.91 Å². The Bertz CT molecular complexity index is 738. The van der Waals surface area contributed by atoms with E-state index in [1.165, 1.54) is 0 Å². The third-order valence-electron chi connectivity index (χ3n) is 4.52. The fourth-order valence-corrected chi connectivity index (χ4v) is 3.41. The summed E-state index contributed by atoms with van der Waals surface area (Å²) in [6.45, 7) is 1.94. The van der Waals surface area contributed by atoms with Crippen LogP contribution in [0.25, 0.3) is 0 Å². The molecular weight excluding hydrogens is 300 g/mol. The van der Waals surface area contributed by atoms with Crippen LogP contribution in [0.2, 0.25) is 0 Å². The number of β-amino-alcohol motifs (C(OH)–C–C–N with tert-alkyl or cyclic N) is 1. The van der Waals surface area contributed by atoms with E-state index in [0.29, 0.717) is 18.1 Å². The first-order chi connectivity index (χ1) is 11.1. The molecule has 0 saturated carbocycles. The van der Waals surface area contributed by atoms with E-state index in [-0.39, 0.29) is 18.2 Å². The van der Waals surface area contributed by atoms with E-state index in [2.05, 4.69) is 15.3 Å². The van der Waals surface area contributed by atoms with Crippen LogP contribution in [0.5, 0.6) is 0 Å². The van der Waals surface area contributed by atoms with Crippen LogP contribution in [0.15, 0.2) is 9.05 Å². The number of nitrogens with zero attached hydrogens (tertiary/aromatic N) is 4. The number of likely N-dealkylation sites (tertiary alicyclic amines) is 1. The average molecular weight is 318 g/mol. The first-order valence-corrected chi connectivity index (χ1v) is 7.90. The summed E-state index contributed by atoms with van der Waals surface area (Å²) in [4.78, 5) is 18.7. The third kappa shape index (κ3) is 2.42. The SMILES string of the molecule is Cc1noc([C@H]2C[C@@H](O)CN2C(=O)c2onc3c2CCCC3)n1. The van der Waals surface area contributed by atoms with E-state index in [4.69, 9.17) is 9.05 Å². The first kappa shape index (κ1) is 14.4. The zero-order valence-electron chi connectivity index (χ0n) is 12.9. The maximum atomic E-state index is 12.9. The van der Waals surface area contributed by atoms with E-state index >= 15 is 0 Å². The second kappa shape index (κ2) is 5.45. The van der Waals surface area contributed by atoms with Gasteiger partial charge in [-0.15, -0.1) is 0 Å². The van der Waals surface area contributed by atoms with Gasteiger partial charge in [0.15, 0.2) is 5.82 Å². The van der Waals surface area contributed by atoms with E-state index in [1.54, 1.807) is 11.8 Å². The van der Waals surface area contributed by atoms with Crippen molar-refractivity contribution >= 4 is 5.91 Å². The highest BCUT2D eigenvalue weighted by molar-refractivity contribution is 5.93. The van der Waals surface area contributed by atoms with Crippen LogP contribution >= 0.6 is 0 Å². The van der Waals surface area contributed by atoms with Crippen molar-refractivity contribution in [1.29, 1.82) is 0 Å². The monoisotopic (exact) mass is 318 g/mol. The summed E-state index contributed by atoms with van der Waals surface area (Å²) in [6.07, 6.45) is 3.52. The van der Waals surface area contributed by atoms with Crippen LogP contribution in [0, 0.1) is 6.92 Å². The molecule has 1 fully saturated rings. The summed E-state index contributed by atoms with van der Waals surface area (Å²) >= 11 is 0. The number of aliphatic hydroxyl groups is 1. The number of aliphatic hydroxyl groups excluding tert-OH is 1. The predicted molar refractivity (Wildman–Crippen MR) is 76.6 cm³/mol. The van der Waals surface area contributed by atoms with Crippen molar-refractivity contribution in [2.45, 2.75) is 51.2 Å². The van der Waals surface area contributed by atoms with E-state index < -0.39 is 12.1 Å². The zero-order chi connectivity index (χ0) is 16.0. The molecule has 0 unspecified atom stereocenters. The normalized spacial score (nSPS) is 24.0. The van der Waals surface area contributed by atoms with E-state index in [0.717, 1.165) is 36.9 Å². The molecule has 1 amide bonds. The van der Waals surface area contributed by atoms with Crippen LogP contribution in [0.4, 0.5) is 0 Å². The van der Waals surface area contributed by atoms with Gasteiger partial charge in [0.1, 0.15) is 6.04 Å². The second-order valence-electron chi connectivity index (χ2n) is 6.19. The Hall–Kier alpha value is -2.22. The van der Waals surface area contributed by atoms with Crippen LogP contribution in [-0.2, 0) is 12.8 Å². The van der Waals surface area contributed by atoms with Crippen LogP contribution in [-0.4, -0.2) is 43.9 Å². The molecule has 23 heavy (non-hydrogen) atoms. The van der Waals surface area contributed by atoms with Crippen molar-refractivity contribution < 1.29 is 18.9 Å². The lowest BCUT2D eigenvalue weighted by molar-refractivity contribution is 0.0650. The zero-order valence-corrected chi connectivity index (χ0v) is 12.9. The minimum atomic E-state index is -0.616. The lowest BCUT2D eigenvalue weighted by atomic mass is 9.96. The topological polar surface area (TPSA) is 105 Å². The summed E-state index contributed by atoms with van der Waals surface area (Å²) < 4.78 is 10.5. The number of amides is 1. The highest BCUT2D eigenvalue weighted by Crippen LogP contribution is 2.34. The fraction of sp³-hybridized carbons (Fsp3) is 0.600. The molecule has 4 rings (SSSR count). The maximum absolute atomic E-state index is 12.9. The number of aryl methyl sites for hydroxylation is 2. The molecule has 1 saturated heterocycles. The molecule has 2 aromatic heterocycles. The quantitative estimate of drug-likeness (QED) is 0.886. The minimum absolute atomic E-state index is 0.223. The molecule has 0 spiro atoms. The highest BCUT2D eigenvalue weighted by Gasteiger charge is 2.41. The van der Waals surface area contributed by atoms with Crippen LogP contribution < -0.4 is 0 Å². The number of carbonyl (C=O) groups excluding carboxylic acids is 1. The van der Waals surface area contributed by atoms with Gasteiger partial charge in [0.2, 0.25) is 11.7 Å². The molecular formula is C15H18N4O4. The number of fused-ring (bicyclic) bond motifs is 1. The van der Waals surface area contributed by atoms with Crippen molar-refractivity contribution in [3.8, 4) is 0 Å². The number of aromatic nitrogens is 3. The van der Waals surface area contributed by atoms with Crippen molar-refractivity contribution in [2.24, 2.45) is 0 Å². The average Bonchev–Trinajstić information content (AvgIpc) is 3.24. The smallest absolute Gasteiger partial charge is 0.293 e. The lowest BCUT2D eigenvalue weighted by Gasteiger charge is -2.21. The third-order valence-corrected chi connectivity index (χ3v) is 4.52. The molecule has 122 valence electrons. The Morgan fingerprint density at radius 1 is 1.26 bits per heavy atom. The molecule has 2 aromatic rings. The maximum Gasteiger partial charge on any atom is 0.293 e. The van der Waals surface area contributed by atoms with Crippen LogP contribution in [0.3, 0.4) is 0 Å². The van der Waals surface area contributed by atoms with Gasteiger partial charge in [-0.3, -0.25) is 4.79 Å². The summed E-state index contributed by atoms with van der Waals surface area (Å²) in [5.41, 5.74) is 1.78. The first-order valence-electron chi connectivity index (χ1n) is 7.90. The van der Waals surface area contributed by atoms with Gasteiger partial charge in [0.05, 0.1) is 11.8 Å². The van der Waals surface area contributed by atoms with Gasteiger partial charge in [0, 0.05) is 18.5 Å². The number of hydrogen-bond acceptors (Lipinski definition) is 7. The Kier molecular flexibility index (Phi) is 3.41. The summed E-state index contributed by atoms with van der Waals surface area (Å²) in [5, 5.41) is 17.8. The lowest BCUT2D eigenvalue weighted by Crippen LogP contribution is -2.32. The molecule has 3 heterocycles. The standard InChI is InChI=1S/C15H18N4O4/c1-8-16-14(23-17-8)12-6-9(20)7-19(12)15(21)13-10-4-2-3-5-11(10)18-22-13/h9,12,20H,2-7H2,1H3/t9-,12-/m1/s1. The summed E-state index contributed by atoms with van der Waals surface area (Å²) in [6, 6.07) is -0.428. The van der Waals surface area contributed by atoms with Gasteiger partial charge < -0.3 is 19.1 Å².